The standard InChI is InChI=1S/C4H7.2CH3.Li.Mn/c1-4(2)3;;;;/h1-2H2,3H3;2*1H3;;/q3*-1;;+3. The maximum atomic E-state index is 3.44. The van der Waals surface area contributed by atoms with Crippen LogP contribution in [0.15, 0.2) is 12.2 Å². The summed E-state index contributed by atoms with van der Waals surface area (Å²) >= 11 is 0. The van der Waals surface area contributed by atoms with Crippen LogP contribution in [0.3, 0.4) is 0 Å². The summed E-state index contributed by atoms with van der Waals surface area (Å²) in [5, 5.41) is 0. The molecular formula is C6H13LiMn. The molecule has 45 valence electrons. The van der Waals surface area contributed by atoms with Crippen molar-refractivity contribution in [1.29, 1.82) is 0 Å². The van der Waals surface area contributed by atoms with E-state index in [9.17, 15) is 0 Å². The van der Waals surface area contributed by atoms with E-state index < -0.39 is 0 Å². The van der Waals surface area contributed by atoms with Crippen molar-refractivity contribution in [3.63, 3.8) is 0 Å². The number of allylic oxidation sites excluding steroid dienone is 1. The van der Waals surface area contributed by atoms with Gasteiger partial charge in [0.2, 0.25) is 0 Å². The first-order chi connectivity index (χ1) is 1.73. The van der Waals surface area contributed by atoms with Gasteiger partial charge in [-0.25, -0.2) is 19.1 Å². The molecule has 2 heteroatoms. The Kier molecular flexibility index (Phi) is 118. The molecule has 0 amide bonds. The van der Waals surface area contributed by atoms with Crippen molar-refractivity contribution in [2.24, 2.45) is 0 Å². The van der Waals surface area contributed by atoms with Crippen LogP contribution in [0.5, 0.6) is 0 Å². The molecule has 0 aliphatic carbocycles. The van der Waals surface area contributed by atoms with E-state index in [1.54, 1.807) is 0 Å². The van der Waals surface area contributed by atoms with Crippen molar-refractivity contribution in [2.45, 2.75) is 6.92 Å². The van der Waals surface area contributed by atoms with Gasteiger partial charge in [0.1, 0.15) is 0 Å². The summed E-state index contributed by atoms with van der Waals surface area (Å²) in [4.78, 5) is 0. The largest absolute Gasteiger partial charge is 3.00 e. The van der Waals surface area contributed by atoms with E-state index in [1.807, 2.05) is 6.92 Å². The van der Waals surface area contributed by atoms with E-state index >= 15 is 0 Å². The van der Waals surface area contributed by atoms with E-state index in [0.717, 1.165) is 5.57 Å². The zero-order chi connectivity index (χ0) is 3.58. The molecule has 0 aromatic heterocycles. The van der Waals surface area contributed by atoms with Gasteiger partial charge in [0.15, 0.2) is 0 Å². The zero-order valence-electron chi connectivity index (χ0n) is 6.29. The molecule has 0 aliphatic heterocycles. The fourth-order valence-electron chi connectivity index (χ4n) is 0. The Hall–Kier alpha value is 0.727. The van der Waals surface area contributed by atoms with Gasteiger partial charge in [0.05, 0.1) is 0 Å². The molecule has 1 radical (unpaired) electrons. The van der Waals surface area contributed by atoms with Gasteiger partial charge in [0, 0.05) is 18.9 Å². The van der Waals surface area contributed by atoms with Crippen LogP contribution in [0.25, 0.3) is 0 Å². The Morgan fingerprint density at radius 3 is 1.38 bits per heavy atom. The van der Waals surface area contributed by atoms with Crippen molar-refractivity contribution in [3.8, 4) is 0 Å². The Bertz CT molecular complexity index is 31.5. The van der Waals surface area contributed by atoms with E-state index in [0.29, 0.717) is 0 Å². The van der Waals surface area contributed by atoms with Gasteiger partial charge < -0.3 is 14.9 Å². The Morgan fingerprint density at radius 2 is 1.38 bits per heavy atom. The number of rotatable bonds is 0. The van der Waals surface area contributed by atoms with Gasteiger partial charge in [-0.1, -0.05) is 6.92 Å². The molecule has 0 aliphatic rings. The Morgan fingerprint density at radius 1 is 1.38 bits per heavy atom. The van der Waals surface area contributed by atoms with Crippen LogP contribution in [-0.2, 0) is 17.1 Å². The monoisotopic (exact) mass is 147 g/mol. The van der Waals surface area contributed by atoms with Gasteiger partial charge in [0.25, 0.3) is 0 Å². The van der Waals surface area contributed by atoms with Gasteiger partial charge >= 0.3 is 17.1 Å². The maximum Gasteiger partial charge on any atom is 3.00 e. The van der Waals surface area contributed by atoms with Crippen LogP contribution in [0.1, 0.15) is 6.92 Å². The fourth-order valence-corrected chi connectivity index (χ4v) is 0. The molecule has 0 heterocycles. The first-order valence-corrected chi connectivity index (χ1v) is 1.21. The maximum absolute atomic E-state index is 3.44. The molecule has 0 aromatic rings. The molecule has 0 saturated heterocycles. The molecule has 0 saturated carbocycles. The smallest absolute Gasteiger partial charge is 0.358 e. The summed E-state index contributed by atoms with van der Waals surface area (Å²) in [5.74, 6) is 0. The summed E-state index contributed by atoms with van der Waals surface area (Å²) in [6.45, 7) is 8.75. The quantitative estimate of drug-likeness (QED) is 0.362. The Labute approximate surface area is 76.8 Å². The van der Waals surface area contributed by atoms with Gasteiger partial charge in [-0.05, 0) is 0 Å². The van der Waals surface area contributed by atoms with Gasteiger partial charge in [-0.2, -0.15) is 0 Å². The number of hydrogen-bond acceptors (Lipinski definition) is 0. The third kappa shape index (κ3) is 418. The summed E-state index contributed by atoms with van der Waals surface area (Å²) in [6, 6.07) is 0. The molecule has 0 bridgehead atoms. The summed E-state index contributed by atoms with van der Waals surface area (Å²) in [7, 11) is 0. The second-order valence-corrected chi connectivity index (χ2v) is 0.957. The average Bonchev–Trinajstić information content (AvgIpc) is 0.811. The summed E-state index contributed by atoms with van der Waals surface area (Å²) in [6.07, 6.45) is 0. The topological polar surface area (TPSA) is 0 Å². The first-order valence-electron chi connectivity index (χ1n) is 1.21. The van der Waals surface area contributed by atoms with E-state index in [2.05, 4.69) is 13.5 Å². The first kappa shape index (κ1) is 37.5. The minimum absolute atomic E-state index is 0. The van der Waals surface area contributed by atoms with E-state index in [4.69, 9.17) is 0 Å². The zero-order valence-corrected chi connectivity index (χ0v) is 7.47. The normalized spacial score (nSPS) is 3.12. The Balaban J connectivity index is -0.00000000750. The summed E-state index contributed by atoms with van der Waals surface area (Å²) < 4.78 is 0. The fraction of sp³-hybridized carbons (Fsp3) is 0.167. The molecule has 8 heavy (non-hydrogen) atoms. The predicted octanol–water partition coefficient (Wildman–Crippen LogP) is 1.91. The third-order valence-electron chi connectivity index (χ3n) is 0. The van der Waals surface area contributed by atoms with Crippen molar-refractivity contribution in [2.75, 3.05) is 0 Å². The molecule has 0 atom stereocenters. The van der Waals surface area contributed by atoms with Crippen LogP contribution in [0.4, 0.5) is 0 Å². The van der Waals surface area contributed by atoms with Crippen LogP contribution in [-0.4, -0.2) is 18.9 Å². The van der Waals surface area contributed by atoms with E-state index in [-0.39, 0.29) is 50.8 Å². The van der Waals surface area contributed by atoms with Crippen molar-refractivity contribution >= 4 is 18.9 Å². The van der Waals surface area contributed by atoms with Crippen molar-refractivity contribution in [1.82, 2.24) is 0 Å². The van der Waals surface area contributed by atoms with Crippen LogP contribution in [0, 0.1) is 21.8 Å². The minimum Gasteiger partial charge on any atom is -0.358 e. The van der Waals surface area contributed by atoms with Crippen molar-refractivity contribution in [3.05, 3.63) is 33.9 Å². The predicted molar refractivity (Wildman–Crippen MR) is 38.8 cm³/mol. The molecular weight excluding hydrogens is 134 g/mol. The molecule has 0 aromatic carbocycles. The SMILES string of the molecule is C=C([CH2-])C.[CH3-].[CH3-].[Li].[Mn+3]. The second-order valence-electron chi connectivity index (χ2n) is 0.957. The average molecular weight is 147 g/mol. The molecule has 0 N–H and O–H groups in total. The molecule has 0 rings (SSSR count). The van der Waals surface area contributed by atoms with Gasteiger partial charge in [-0.15, -0.1) is 0 Å². The van der Waals surface area contributed by atoms with E-state index in [1.165, 1.54) is 0 Å². The van der Waals surface area contributed by atoms with Crippen LogP contribution >= 0.6 is 0 Å². The molecule has 0 unspecified atom stereocenters. The van der Waals surface area contributed by atoms with Crippen molar-refractivity contribution < 1.29 is 17.1 Å². The van der Waals surface area contributed by atoms with Crippen LogP contribution in [0.2, 0.25) is 0 Å². The summed E-state index contributed by atoms with van der Waals surface area (Å²) in [5.41, 5.74) is 0.917. The number of hydrogen-bond donors (Lipinski definition) is 0. The second kappa shape index (κ2) is 25.2. The molecule has 0 spiro atoms. The minimum atomic E-state index is 0. The van der Waals surface area contributed by atoms with Gasteiger partial charge in [-0.3, -0.25) is 0 Å². The van der Waals surface area contributed by atoms with Crippen LogP contribution < -0.4 is 0 Å². The molecule has 0 fully saturated rings. The molecule has 0 nitrogen and oxygen atoms in total. The third-order valence-corrected chi connectivity index (χ3v) is 0.